The SMILES string of the molecule is O=Cc1cnc(C#Cc2ccccc2)nc1. The van der Waals surface area contributed by atoms with E-state index in [1.807, 2.05) is 30.3 Å². The number of carbonyl (C=O) groups is 1. The van der Waals surface area contributed by atoms with Crippen LogP contribution in [0.3, 0.4) is 0 Å². The van der Waals surface area contributed by atoms with Gasteiger partial charge in [0.05, 0.1) is 5.56 Å². The van der Waals surface area contributed by atoms with Gasteiger partial charge in [0.1, 0.15) is 0 Å². The van der Waals surface area contributed by atoms with E-state index >= 15 is 0 Å². The predicted octanol–water partition coefficient (Wildman–Crippen LogP) is 1.69. The van der Waals surface area contributed by atoms with Crippen molar-refractivity contribution in [2.24, 2.45) is 0 Å². The van der Waals surface area contributed by atoms with E-state index in [4.69, 9.17) is 0 Å². The number of rotatable bonds is 1. The zero-order chi connectivity index (χ0) is 11.2. The molecule has 0 fully saturated rings. The van der Waals surface area contributed by atoms with Gasteiger partial charge in [-0.3, -0.25) is 4.79 Å². The molecule has 0 amide bonds. The monoisotopic (exact) mass is 208 g/mol. The minimum absolute atomic E-state index is 0.412. The lowest BCUT2D eigenvalue weighted by Gasteiger charge is -1.89. The van der Waals surface area contributed by atoms with Crippen molar-refractivity contribution < 1.29 is 4.79 Å². The lowest BCUT2D eigenvalue weighted by Crippen LogP contribution is -1.90. The molecule has 0 aliphatic rings. The molecule has 2 rings (SSSR count). The Hall–Kier alpha value is -2.47. The van der Waals surface area contributed by atoms with Gasteiger partial charge in [-0.1, -0.05) is 24.1 Å². The molecule has 0 aliphatic heterocycles. The standard InChI is InChI=1S/C13H8N2O/c16-10-12-8-14-13(15-9-12)7-6-11-4-2-1-3-5-11/h1-5,8-10H. The van der Waals surface area contributed by atoms with Gasteiger partial charge < -0.3 is 0 Å². The van der Waals surface area contributed by atoms with Crippen molar-refractivity contribution in [2.75, 3.05) is 0 Å². The molecule has 2 aromatic rings. The maximum Gasteiger partial charge on any atom is 0.205 e. The quantitative estimate of drug-likeness (QED) is 0.529. The molecule has 3 heteroatoms. The van der Waals surface area contributed by atoms with Crippen LogP contribution in [0.5, 0.6) is 0 Å². The van der Waals surface area contributed by atoms with Crippen molar-refractivity contribution >= 4 is 6.29 Å². The Morgan fingerprint density at radius 1 is 1.00 bits per heavy atom. The molecule has 0 aliphatic carbocycles. The van der Waals surface area contributed by atoms with Crippen molar-refractivity contribution in [3.05, 3.63) is 59.7 Å². The first kappa shape index (κ1) is 10.1. The Labute approximate surface area is 93.2 Å². The second-order valence-electron chi connectivity index (χ2n) is 3.07. The third-order valence-electron chi connectivity index (χ3n) is 1.90. The highest BCUT2D eigenvalue weighted by Crippen LogP contribution is 1.96. The summed E-state index contributed by atoms with van der Waals surface area (Å²) in [5.41, 5.74) is 1.36. The van der Waals surface area contributed by atoms with Gasteiger partial charge in [0.2, 0.25) is 5.82 Å². The van der Waals surface area contributed by atoms with Crippen molar-refractivity contribution in [1.29, 1.82) is 0 Å². The van der Waals surface area contributed by atoms with Crippen LogP contribution in [0.1, 0.15) is 21.7 Å². The van der Waals surface area contributed by atoms with Crippen LogP contribution < -0.4 is 0 Å². The van der Waals surface area contributed by atoms with Crippen LogP contribution in [0, 0.1) is 11.8 Å². The lowest BCUT2D eigenvalue weighted by molar-refractivity contribution is 0.112. The highest BCUT2D eigenvalue weighted by molar-refractivity contribution is 5.73. The first-order valence-electron chi connectivity index (χ1n) is 4.73. The van der Waals surface area contributed by atoms with E-state index in [-0.39, 0.29) is 0 Å². The molecule has 0 unspecified atom stereocenters. The summed E-state index contributed by atoms with van der Waals surface area (Å²) in [4.78, 5) is 18.3. The van der Waals surface area contributed by atoms with Crippen molar-refractivity contribution in [3.63, 3.8) is 0 Å². The molecular formula is C13H8N2O. The van der Waals surface area contributed by atoms with E-state index in [0.717, 1.165) is 5.56 Å². The minimum atomic E-state index is 0.412. The van der Waals surface area contributed by atoms with Crippen molar-refractivity contribution in [1.82, 2.24) is 9.97 Å². The van der Waals surface area contributed by atoms with Gasteiger partial charge in [0.15, 0.2) is 6.29 Å². The third-order valence-corrected chi connectivity index (χ3v) is 1.90. The molecular weight excluding hydrogens is 200 g/mol. The van der Waals surface area contributed by atoms with Gasteiger partial charge in [0, 0.05) is 18.0 Å². The Morgan fingerprint density at radius 2 is 1.69 bits per heavy atom. The molecule has 16 heavy (non-hydrogen) atoms. The molecule has 0 atom stereocenters. The van der Waals surface area contributed by atoms with E-state index in [9.17, 15) is 4.79 Å². The molecule has 0 bridgehead atoms. The largest absolute Gasteiger partial charge is 0.298 e. The van der Waals surface area contributed by atoms with E-state index in [2.05, 4.69) is 21.8 Å². The molecule has 1 aromatic heterocycles. The van der Waals surface area contributed by atoms with Crippen LogP contribution in [0.2, 0.25) is 0 Å². The second-order valence-corrected chi connectivity index (χ2v) is 3.07. The molecule has 76 valence electrons. The number of aldehydes is 1. The molecule has 3 nitrogen and oxygen atoms in total. The summed E-state index contributed by atoms with van der Waals surface area (Å²) in [5, 5.41) is 0. The number of nitrogens with zero attached hydrogens (tertiary/aromatic N) is 2. The fourth-order valence-electron chi connectivity index (χ4n) is 1.11. The summed E-state index contributed by atoms with van der Waals surface area (Å²) < 4.78 is 0. The molecule has 0 saturated heterocycles. The van der Waals surface area contributed by atoms with E-state index in [1.54, 1.807) is 0 Å². The topological polar surface area (TPSA) is 42.9 Å². The molecule has 0 N–H and O–H groups in total. The first-order chi connectivity index (χ1) is 7.88. The third kappa shape index (κ3) is 2.52. The van der Waals surface area contributed by atoms with E-state index in [1.165, 1.54) is 12.4 Å². The van der Waals surface area contributed by atoms with Crippen molar-refractivity contribution in [3.8, 4) is 11.8 Å². The average Bonchev–Trinajstić information content (AvgIpc) is 2.38. The van der Waals surface area contributed by atoms with Crippen LogP contribution in [0.15, 0.2) is 42.7 Å². The Bertz CT molecular complexity index is 536. The zero-order valence-corrected chi connectivity index (χ0v) is 8.42. The number of aromatic nitrogens is 2. The van der Waals surface area contributed by atoms with E-state index in [0.29, 0.717) is 17.7 Å². The summed E-state index contributed by atoms with van der Waals surface area (Å²) in [7, 11) is 0. The number of hydrogen-bond donors (Lipinski definition) is 0. The lowest BCUT2D eigenvalue weighted by atomic mass is 10.2. The number of benzene rings is 1. The van der Waals surface area contributed by atoms with Crippen molar-refractivity contribution in [2.45, 2.75) is 0 Å². The number of hydrogen-bond acceptors (Lipinski definition) is 3. The van der Waals surface area contributed by atoms with Crippen LogP contribution >= 0.6 is 0 Å². The summed E-state index contributed by atoms with van der Waals surface area (Å²) >= 11 is 0. The molecule has 0 spiro atoms. The second kappa shape index (κ2) is 4.85. The Kier molecular flexibility index (Phi) is 3.05. The van der Waals surface area contributed by atoms with Gasteiger partial charge in [-0.05, 0) is 18.1 Å². The Balaban J connectivity index is 2.21. The van der Waals surface area contributed by atoms with Gasteiger partial charge >= 0.3 is 0 Å². The maximum atomic E-state index is 10.4. The summed E-state index contributed by atoms with van der Waals surface area (Å²) in [6.45, 7) is 0. The number of carbonyl (C=O) groups excluding carboxylic acids is 1. The summed E-state index contributed by atoms with van der Waals surface area (Å²) in [6, 6.07) is 9.58. The van der Waals surface area contributed by atoms with Gasteiger partial charge in [0.25, 0.3) is 0 Å². The summed E-state index contributed by atoms with van der Waals surface area (Å²) in [6.07, 6.45) is 3.61. The smallest absolute Gasteiger partial charge is 0.205 e. The van der Waals surface area contributed by atoms with Gasteiger partial charge in [-0.15, -0.1) is 0 Å². The summed E-state index contributed by atoms with van der Waals surface area (Å²) in [5.74, 6) is 6.17. The van der Waals surface area contributed by atoms with Crippen LogP contribution in [0.25, 0.3) is 0 Å². The highest BCUT2D eigenvalue weighted by atomic mass is 16.1. The van der Waals surface area contributed by atoms with Crippen LogP contribution in [-0.4, -0.2) is 16.3 Å². The molecule has 0 radical (unpaired) electrons. The van der Waals surface area contributed by atoms with Crippen LogP contribution in [-0.2, 0) is 0 Å². The fourth-order valence-corrected chi connectivity index (χ4v) is 1.11. The zero-order valence-electron chi connectivity index (χ0n) is 8.42. The maximum absolute atomic E-state index is 10.4. The van der Waals surface area contributed by atoms with Crippen LogP contribution in [0.4, 0.5) is 0 Å². The average molecular weight is 208 g/mol. The van der Waals surface area contributed by atoms with E-state index < -0.39 is 0 Å². The molecule has 0 saturated carbocycles. The van der Waals surface area contributed by atoms with Gasteiger partial charge in [-0.25, -0.2) is 9.97 Å². The normalized spacial score (nSPS) is 9.00. The minimum Gasteiger partial charge on any atom is -0.298 e. The first-order valence-corrected chi connectivity index (χ1v) is 4.73. The fraction of sp³-hybridized carbons (Fsp3) is 0. The van der Waals surface area contributed by atoms with Gasteiger partial charge in [-0.2, -0.15) is 0 Å². The molecule has 1 aromatic carbocycles. The molecule has 1 heterocycles. The Morgan fingerprint density at radius 3 is 2.31 bits per heavy atom. The highest BCUT2D eigenvalue weighted by Gasteiger charge is 1.92. The predicted molar refractivity (Wildman–Crippen MR) is 59.8 cm³/mol.